The number of carbonyl (C=O) groups excluding carboxylic acids is 1. The smallest absolute Gasteiger partial charge is 0.237 e. The first kappa shape index (κ1) is 17.9. The minimum absolute atomic E-state index is 0.111. The van der Waals surface area contributed by atoms with E-state index in [9.17, 15) is 4.79 Å². The highest BCUT2D eigenvalue weighted by Gasteiger charge is 2.19. The SMILES string of the molecule is C[C@@H](Sc1ncc(-c2ccc(Br)cc2)[nH]1)C(=O)Nc1ccc2c(c1)OCO2. The molecular formula is C19H16BrN3O3S. The van der Waals surface area contributed by atoms with Crippen LogP contribution in [0.15, 0.2) is 58.3 Å². The minimum atomic E-state index is -0.320. The van der Waals surface area contributed by atoms with Gasteiger partial charge in [0.05, 0.1) is 17.1 Å². The zero-order valence-corrected chi connectivity index (χ0v) is 16.8. The topological polar surface area (TPSA) is 76.2 Å². The third kappa shape index (κ3) is 4.12. The largest absolute Gasteiger partial charge is 0.454 e. The lowest BCUT2D eigenvalue weighted by molar-refractivity contribution is -0.115. The van der Waals surface area contributed by atoms with Gasteiger partial charge >= 0.3 is 0 Å². The first-order chi connectivity index (χ1) is 13.1. The zero-order chi connectivity index (χ0) is 18.8. The highest BCUT2D eigenvalue weighted by molar-refractivity contribution is 9.10. The minimum Gasteiger partial charge on any atom is -0.454 e. The van der Waals surface area contributed by atoms with E-state index in [0.29, 0.717) is 22.3 Å². The van der Waals surface area contributed by atoms with Gasteiger partial charge in [-0.2, -0.15) is 0 Å². The fourth-order valence-corrected chi connectivity index (χ4v) is 3.63. The van der Waals surface area contributed by atoms with Crippen molar-refractivity contribution in [2.45, 2.75) is 17.3 Å². The maximum absolute atomic E-state index is 12.5. The summed E-state index contributed by atoms with van der Waals surface area (Å²) < 4.78 is 11.6. The third-order valence-corrected chi connectivity index (χ3v) is 5.53. The number of imidazole rings is 1. The van der Waals surface area contributed by atoms with Gasteiger partial charge in [0, 0.05) is 16.2 Å². The van der Waals surface area contributed by atoms with Crippen LogP contribution in [0.4, 0.5) is 5.69 Å². The summed E-state index contributed by atoms with van der Waals surface area (Å²) >= 11 is 4.80. The number of carbonyl (C=O) groups is 1. The quantitative estimate of drug-likeness (QED) is 0.557. The third-order valence-electron chi connectivity index (χ3n) is 4.01. The van der Waals surface area contributed by atoms with Gasteiger partial charge in [0.2, 0.25) is 12.7 Å². The molecule has 1 amide bonds. The Bertz CT molecular complexity index is 975. The lowest BCUT2D eigenvalue weighted by Gasteiger charge is -2.11. The van der Waals surface area contributed by atoms with Gasteiger partial charge in [-0.1, -0.05) is 39.8 Å². The molecule has 2 aromatic carbocycles. The Morgan fingerprint density at radius 2 is 2.00 bits per heavy atom. The van der Waals surface area contributed by atoms with E-state index in [1.54, 1.807) is 24.4 Å². The molecule has 1 aromatic heterocycles. The number of hydrogen-bond donors (Lipinski definition) is 2. The normalized spacial score (nSPS) is 13.4. The Morgan fingerprint density at radius 3 is 2.81 bits per heavy atom. The van der Waals surface area contributed by atoms with Gasteiger partial charge in [0.25, 0.3) is 0 Å². The first-order valence-corrected chi connectivity index (χ1v) is 9.94. The van der Waals surface area contributed by atoms with Crippen LogP contribution in [-0.2, 0) is 4.79 Å². The Hall–Kier alpha value is -2.45. The number of halogens is 1. The molecule has 1 aliphatic rings. The second kappa shape index (κ2) is 7.66. The number of ether oxygens (including phenoxy) is 2. The van der Waals surface area contributed by atoms with E-state index in [1.165, 1.54) is 11.8 Å². The van der Waals surface area contributed by atoms with Crippen molar-refractivity contribution < 1.29 is 14.3 Å². The van der Waals surface area contributed by atoms with Gasteiger partial charge in [-0.3, -0.25) is 4.79 Å². The molecule has 27 heavy (non-hydrogen) atoms. The molecule has 2 heterocycles. The molecule has 2 N–H and O–H groups in total. The molecular weight excluding hydrogens is 430 g/mol. The van der Waals surface area contributed by atoms with Gasteiger partial charge in [-0.25, -0.2) is 4.98 Å². The van der Waals surface area contributed by atoms with E-state index in [0.717, 1.165) is 15.7 Å². The molecule has 138 valence electrons. The number of hydrogen-bond acceptors (Lipinski definition) is 5. The molecule has 1 atom stereocenters. The average Bonchev–Trinajstić information content (AvgIpc) is 3.31. The lowest BCUT2D eigenvalue weighted by Crippen LogP contribution is -2.22. The van der Waals surface area contributed by atoms with E-state index in [4.69, 9.17) is 9.47 Å². The molecule has 0 saturated carbocycles. The van der Waals surface area contributed by atoms with E-state index in [-0.39, 0.29) is 18.0 Å². The summed E-state index contributed by atoms with van der Waals surface area (Å²) in [5.74, 6) is 1.21. The molecule has 0 radical (unpaired) electrons. The molecule has 0 unspecified atom stereocenters. The van der Waals surface area contributed by atoms with Crippen molar-refractivity contribution >= 4 is 39.3 Å². The number of aromatic amines is 1. The molecule has 8 heteroatoms. The van der Waals surface area contributed by atoms with E-state index < -0.39 is 0 Å². The highest BCUT2D eigenvalue weighted by Crippen LogP contribution is 2.34. The number of benzene rings is 2. The fourth-order valence-electron chi connectivity index (χ4n) is 2.58. The maximum Gasteiger partial charge on any atom is 0.237 e. The summed E-state index contributed by atoms with van der Waals surface area (Å²) in [5, 5.41) is 3.27. The van der Waals surface area contributed by atoms with Crippen LogP contribution in [0.5, 0.6) is 11.5 Å². The Kier molecular flexibility index (Phi) is 5.09. The number of nitrogens with one attached hydrogen (secondary N) is 2. The zero-order valence-electron chi connectivity index (χ0n) is 14.4. The molecule has 0 fully saturated rings. The Morgan fingerprint density at radius 1 is 1.22 bits per heavy atom. The van der Waals surface area contributed by atoms with E-state index in [2.05, 4.69) is 31.2 Å². The summed E-state index contributed by atoms with van der Waals surface area (Å²) in [5.41, 5.74) is 2.62. The Labute approximate surface area is 168 Å². The molecule has 6 nitrogen and oxygen atoms in total. The van der Waals surface area contributed by atoms with Crippen LogP contribution in [0.1, 0.15) is 6.92 Å². The van der Waals surface area contributed by atoms with E-state index >= 15 is 0 Å². The summed E-state index contributed by atoms with van der Waals surface area (Å²) in [4.78, 5) is 20.1. The summed E-state index contributed by atoms with van der Waals surface area (Å²) in [6, 6.07) is 13.3. The van der Waals surface area contributed by atoms with Crippen molar-refractivity contribution in [1.29, 1.82) is 0 Å². The fraction of sp³-hybridized carbons (Fsp3) is 0.158. The molecule has 3 aromatic rings. The first-order valence-electron chi connectivity index (χ1n) is 8.26. The predicted molar refractivity (Wildman–Crippen MR) is 108 cm³/mol. The molecule has 0 spiro atoms. The monoisotopic (exact) mass is 445 g/mol. The lowest BCUT2D eigenvalue weighted by atomic mass is 10.2. The summed E-state index contributed by atoms with van der Waals surface area (Å²) in [6.45, 7) is 2.05. The van der Waals surface area contributed by atoms with Crippen LogP contribution in [-0.4, -0.2) is 27.9 Å². The van der Waals surface area contributed by atoms with Gasteiger partial charge in [-0.05, 0) is 36.8 Å². The summed E-state index contributed by atoms with van der Waals surface area (Å²) in [6.07, 6.45) is 1.77. The molecule has 4 rings (SSSR count). The average molecular weight is 446 g/mol. The number of anilines is 1. The maximum atomic E-state index is 12.5. The molecule has 0 aliphatic carbocycles. The Balaban J connectivity index is 1.39. The van der Waals surface area contributed by atoms with Crippen molar-refractivity contribution in [2.24, 2.45) is 0 Å². The number of H-pyrrole nitrogens is 1. The predicted octanol–water partition coefficient (Wildman–Crippen LogP) is 4.69. The number of amides is 1. The van der Waals surface area contributed by atoms with Gasteiger partial charge in [-0.15, -0.1) is 0 Å². The number of aromatic nitrogens is 2. The van der Waals surface area contributed by atoms with Crippen molar-refractivity contribution in [3.63, 3.8) is 0 Å². The standard InChI is InChI=1S/C19H16BrN3O3S/c1-11(18(24)22-14-6-7-16-17(8-14)26-10-25-16)27-19-21-9-15(23-19)12-2-4-13(20)5-3-12/h2-9,11H,10H2,1H3,(H,21,23)(H,22,24)/t11-/m1/s1. The molecule has 1 aliphatic heterocycles. The number of thioether (sulfide) groups is 1. The second-order valence-electron chi connectivity index (χ2n) is 5.93. The van der Waals surface area contributed by atoms with Crippen LogP contribution >= 0.6 is 27.7 Å². The van der Waals surface area contributed by atoms with Gasteiger partial charge in [0.15, 0.2) is 16.7 Å². The van der Waals surface area contributed by atoms with Crippen LogP contribution in [0.2, 0.25) is 0 Å². The van der Waals surface area contributed by atoms with Gasteiger partial charge < -0.3 is 19.8 Å². The second-order valence-corrected chi connectivity index (χ2v) is 8.17. The summed E-state index contributed by atoms with van der Waals surface area (Å²) in [7, 11) is 0. The number of rotatable bonds is 5. The van der Waals surface area contributed by atoms with Crippen LogP contribution < -0.4 is 14.8 Å². The highest BCUT2D eigenvalue weighted by atomic mass is 79.9. The van der Waals surface area contributed by atoms with E-state index in [1.807, 2.05) is 31.2 Å². The van der Waals surface area contributed by atoms with Crippen LogP contribution in [0, 0.1) is 0 Å². The van der Waals surface area contributed by atoms with Gasteiger partial charge in [0.1, 0.15) is 0 Å². The van der Waals surface area contributed by atoms with Crippen molar-refractivity contribution in [3.8, 4) is 22.8 Å². The number of fused-ring (bicyclic) bond motifs is 1. The van der Waals surface area contributed by atoms with Crippen molar-refractivity contribution in [1.82, 2.24) is 9.97 Å². The van der Waals surface area contributed by atoms with Crippen molar-refractivity contribution in [3.05, 3.63) is 53.1 Å². The van der Waals surface area contributed by atoms with Crippen LogP contribution in [0.25, 0.3) is 11.3 Å². The van der Waals surface area contributed by atoms with Crippen LogP contribution in [0.3, 0.4) is 0 Å². The van der Waals surface area contributed by atoms with Crippen molar-refractivity contribution in [2.75, 3.05) is 12.1 Å². The molecule has 0 bridgehead atoms. The molecule has 0 saturated heterocycles. The number of nitrogens with zero attached hydrogens (tertiary/aromatic N) is 1.